The summed E-state index contributed by atoms with van der Waals surface area (Å²) in [5, 5.41) is 8.78. The molecule has 2 aliphatic heterocycles. The van der Waals surface area contributed by atoms with Crippen LogP contribution in [0, 0.1) is 23.2 Å². The second-order valence-corrected chi connectivity index (χ2v) is 9.88. The molecule has 5 atom stereocenters. The van der Waals surface area contributed by atoms with Gasteiger partial charge in [-0.1, -0.05) is 19.1 Å². The van der Waals surface area contributed by atoms with Crippen molar-refractivity contribution in [2.24, 2.45) is 23.2 Å². The number of ether oxygens (including phenoxy) is 2. The smallest absolute Gasteiger partial charge is 0.310 e. The maximum atomic E-state index is 12.8. The highest BCUT2D eigenvalue weighted by Crippen LogP contribution is 2.56. The monoisotopic (exact) mass is 406 g/mol. The molecule has 0 aromatic rings. The number of hydrogen-bond donors (Lipinski definition) is 1. The summed E-state index contributed by atoms with van der Waals surface area (Å²) in [5.41, 5.74) is 1.68. The van der Waals surface area contributed by atoms with Crippen LogP contribution >= 0.6 is 0 Å². The SMILES string of the molecule is C=C1CCC[C@]2(C)C[C@H]3OC(=O)C(CN4CCN(CCOCCO)CC4)[C@H]3C[C@@H]12. The van der Waals surface area contributed by atoms with Gasteiger partial charge in [-0.3, -0.25) is 14.6 Å². The molecule has 2 saturated heterocycles. The zero-order chi connectivity index (χ0) is 20.4. The van der Waals surface area contributed by atoms with Gasteiger partial charge < -0.3 is 14.6 Å². The van der Waals surface area contributed by atoms with Crippen molar-refractivity contribution in [1.29, 1.82) is 0 Å². The van der Waals surface area contributed by atoms with Gasteiger partial charge in [0.1, 0.15) is 6.10 Å². The maximum absolute atomic E-state index is 12.8. The first-order chi connectivity index (χ1) is 14.0. The minimum absolute atomic E-state index is 0.0266. The first-order valence-electron chi connectivity index (χ1n) is 11.5. The highest BCUT2D eigenvalue weighted by atomic mass is 16.6. The lowest BCUT2D eigenvalue weighted by Crippen LogP contribution is -2.50. The second kappa shape index (κ2) is 9.04. The molecule has 2 saturated carbocycles. The number of nitrogens with zero attached hydrogens (tertiary/aromatic N) is 2. The van der Waals surface area contributed by atoms with E-state index >= 15 is 0 Å². The maximum Gasteiger partial charge on any atom is 0.310 e. The molecule has 1 N–H and O–H groups in total. The standard InChI is InChI=1S/C23H38N2O4/c1-17-4-3-5-23(2)15-21-18(14-20(17)23)19(22(27)29-21)16-25-8-6-24(7-9-25)10-12-28-13-11-26/h18-21,26H,1,3-16H2,2H3/t18-,19?,20+,21-,23-/m1/s1. The average molecular weight is 407 g/mol. The molecule has 164 valence electrons. The Hall–Kier alpha value is -0.950. The summed E-state index contributed by atoms with van der Waals surface area (Å²) in [6.07, 6.45) is 5.84. The number of esters is 1. The third-order valence-corrected chi connectivity index (χ3v) is 8.03. The second-order valence-electron chi connectivity index (χ2n) is 9.88. The van der Waals surface area contributed by atoms with E-state index in [0.717, 1.165) is 58.5 Å². The largest absolute Gasteiger partial charge is 0.462 e. The highest BCUT2D eigenvalue weighted by molar-refractivity contribution is 5.75. The number of carbonyl (C=O) groups excluding carboxylic acids is 1. The summed E-state index contributed by atoms with van der Waals surface area (Å²) in [6.45, 7) is 13.7. The molecule has 2 aliphatic carbocycles. The number of allylic oxidation sites excluding steroid dienone is 1. The van der Waals surface area contributed by atoms with Crippen LogP contribution in [0.15, 0.2) is 12.2 Å². The normalized spacial score (nSPS) is 38.6. The van der Waals surface area contributed by atoms with Crippen molar-refractivity contribution >= 4 is 5.97 Å². The van der Waals surface area contributed by atoms with E-state index < -0.39 is 0 Å². The van der Waals surface area contributed by atoms with Crippen LogP contribution in [0.5, 0.6) is 0 Å². The van der Waals surface area contributed by atoms with Gasteiger partial charge in [-0.05, 0) is 43.4 Å². The van der Waals surface area contributed by atoms with Crippen LogP contribution in [0.25, 0.3) is 0 Å². The molecule has 4 aliphatic rings. The van der Waals surface area contributed by atoms with E-state index in [9.17, 15) is 4.79 Å². The molecule has 0 bridgehead atoms. The van der Waals surface area contributed by atoms with Crippen molar-refractivity contribution in [2.45, 2.75) is 45.1 Å². The van der Waals surface area contributed by atoms with Crippen molar-refractivity contribution in [2.75, 3.05) is 59.1 Å². The molecule has 4 fully saturated rings. The molecule has 0 radical (unpaired) electrons. The van der Waals surface area contributed by atoms with Crippen molar-refractivity contribution in [1.82, 2.24) is 9.80 Å². The Labute approximate surface area is 175 Å². The van der Waals surface area contributed by atoms with Gasteiger partial charge in [0, 0.05) is 45.2 Å². The summed E-state index contributed by atoms with van der Waals surface area (Å²) in [6, 6.07) is 0. The molecule has 2 heterocycles. The lowest BCUT2D eigenvalue weighted by molar-refractivity contribution is -0.146. The molecular weight excluding hydrogens is 368 g/mol. The van der Waals surface area contributed by atoms with Gasteiger partial charge in [0.05, 0.1) is 25.7 Å². The van der Waals surface area contributed by atoms with Crippen LogP contribution in [0.4, 0.5) is 0 Å². The number of hydrogen-bond acceptors (Lipinski definition) is 6. The Bertz CT molecular complexity index is 604. The van der Waals surface area contributed by atoms with Crippen LogP contribution in [-0.4, -0.2) is 86.1 Å². The third-order valence-electron chi connectivity index (χ3n) is 8.03. The molecule has 6 nitrogen and oxygen atoms in total. The Balaban J connectivity index is 1.30. The fourth-order valence-corrected chi connectivity index (χ4v) is 6.30. The lowest BCUT2D eigenvalue weighted by Gasteiger charge is -2.50. The van der Waals surface area contributed by atoms with Gasteiger partial charge in [0.15, 0.2) is 0 Å². The summed E-state index contributed by atoms with van der Waals surface area (Å²) < 4.78 is 11.3. The Morgan fingerprint density at radius 2 is 2.00 bits per heavy atom. The number of aliphatic hydroxyl groups is 1. The fraction of sp³-hybridized carbons (Fsp3) is 0.870. The molecule has 4 rings (SSSR count). The molecule has 1 unspecified atom stereocenters. The zero-order valence-corrected chi connectivity index (χ0v) is 18.0. The van der Waals surface area contributed by atoms with E-state index in [0.29, 0.717) is 25.0 Å². The fourth-order valence-electron chi connectivity index (χ4n) is 6.30. The minimum Gasteiger partial charge on any atom is -0.462 e. The molecule has 0 spiro atoms. The van der Waals surface area contributed by atoms with Gasteiger partial charge in [-0.2, -0.15) is 0 Å². The molecule has 6 heteroatoms. The van der Waals surface area contributed by atoms with Gasteiger partial charge in [0.25, 0.3) is 0 Å². The average Bonchev–Trinajstić information content (AvgIpc) is 2.99. The predicted molar refractivity (Wildman–Crippen MR) is 111 cm³/mol. The Morgan fingerprint density at radius 3 is 2.76 bits per heavy atom. The van der Waals surface area contributed by atoms with E-state index in [1.807, 2.05) is 0 Å². The number of piperazine rings is 1. The van der Waals surface area contributed by atoms with E-state index in [2.05, 4.69) is 23.3 Å². The van der Waals surface area contributed by atoms with Crippen molar-refractivity contribution in [3.8, 4) is 0 Å². The van der Waals surface area contributed by atoms with Gasteiger partial charge in [-0.25, -0.2) is 0 Å². The number of rotatable bonds is 7. The van der Waals surface area contributed by atoms with Crippen LogP contribution in [0.2, 0.25) is 0 Å². The molecule has 29 heavy (non-hydrogen) atoms. The summed E-state index contributed by atoms with van der Waals surface area (Å²) in [7, 11) is 0. The van der Waals surface area contributed by atoms with Crippen LogP contribution in [0.1, 0.15) is 39.0 Å². The topological polar surface area (TPSA) is 62.2 Å². The minimum atomic E-state index is 0.0266. The Morgan fingerprint density at radius 1 is 1.24 bits per heavy atom. The quantitative estimate of drug-likeness (QED) is 0.396. The number of carbonyl (C=O) groups is 1. The van der Waals surface area contributed by atoms with Gasteiger partial charge in [-0.15, -0.1) is 0 Å². The molecular formula is C23H38N2O4. The van der Waals surface area contributed by atoms with Crippen LogP contribution in [0.3, 0.4) is 0 Å². The van der Waals surface area contributed by atoms with E-state index in [1.165, 1.54) is 18.4 Å². The zero-order valence-electron chi connectivity index (χ0n) is 18.0. The predicted octanol–water partition coefficient (Wildman–Crippen LogP) is 1.93. The van der Waals surface area contributed by atoms with Crippen LogP contribution < -0.4 is 0 Å². The van der Waals surface area contributed by atoms with E-state index in [4.69, 9.17) is 14.6 Å². The third kappa shape index (κ3) is 4.55. The first kappa shape index (κ1) is 21.3. The number of aliphatic hydroxyl groups excluding tert-OH is 1. The highest BCUT2D eigenvalue weighted by Gasteiger charge is 2.55. The summed E-state index contributed by atoms with van der Waals surface area (Å²) in [4.78, 5) is 17.6. The van der Waals surface area contributed by atoms with Crippen molar-refractivity contribution in [3.05, 3.63) is 12.2 Å². The summed E-state index contributed by atoms with van der Waals surface area (Å²) in [5.74, 6) is 0.983. The lowest BCUT2D eigenvalue weighted by atomic mass is 9.55. The van der Waals surface area contributed by atoms with E-state index in [1.54, 1.807) is 0 Å². The van der Waals surface area contributed by atoms with E-state index in [-0.39, 0.29) is 30.0 Å². The van der Waals surface area contributed by atoms with Crippen molar-refractivity contribution in [3.63, 3.8) is 0 Å². The van der Waals surface area contributed by atoms with Crippen LogP contribution in [-0.2, 0) is 14.3 Å². The number of fused-ring (bicyclic) bond motifs is 2. The molecule has 0 aromatic heterocycles. The Kier molecular flexibility index (Phi) is 6.64. The molecule has 0 aromatic carbocycles. The van der Waals surface area contributed by atoms with Gasteiger partial charge >= 0.3 is 5.97 Å². The summed E-state index contributed by atoms with van der Waals surface area (Å²) >= 11 is 0. The van der Waals surface area contributed by atoms with Gasteiger partial charge in [0.2, 0.25) is 0 Å². The molecule has 0 amide bonds. The first-order valence-corrected chi connectivity index (χ1v) is 11.5. The van der Waals surface area contributed by atoms with Crippen molar-refractivity contribution < 1.29 is 19.4 Å².